The lowest BCUT2D eigenvalue weighted by Crippen LogP contribution is -2.42. The lowest BCUT2D eigenvalue weighted by Gasteiger charge is -2.30. The van der Waals surface area contributed by atoms with E-state index < -0.39 is 45.3 Å². The van der Waals surface area contributed by atoms with Crippen molar-refractivity contribution in [3.05, 3.63) is 60.0 Å². The van der Waals surface area contributed by atoms with Gasteiger partial charge in [0.1, 0.15) is 11.9 Å². The van der Waals surface area contributed by atoms with Crippen molar-refractivity contribution in [2.75, 3.05) is 6.54 Å². The molecule has 0 amide bonds. The van der Waals surface area contributed by atoms with Crippen molar-refractivity contribution in [2.24, 2.45) is 0 Å². The molecule has 0 aliphatic carbocycles. The van der Waals surface area contributed by atoms with Gasteiger partial charge in [-0.2, -0.15) is 22.5 Å². The molecular formula is C16H14F4N4O2S. The van der Waals surface area contributed by atoms with E-state index in [1.165, 1.54) is 19.2 Å². The molecule has 1 unspecified atom stereocenters. The van der Waals surface area contributed by atoms with E-state index in [2.05, 4.69) is 10.1 Å². The number of benzene rings is 1. The maximum atomic E-state index is 13.7. The zero-order valence-corrected chi connectivity index (χ0v) is 14.7. The van der Waals surface area contributed by atoms with Gasteiger partial charge < -0.3 is 0 Å². The molecule has 3 aromatic rings. The zero-order valence-electron chi connectivity index (χ0n) is 13.9. The fourth-order valence-electron chi connectivity index (χ4n) is 2.68. The fourth-order valence-corrected chi connectivity index (χ4v) is 4.15. The maximum Gasteiger partial charge on any atom is 0.409 e. The van der Waals surface area contributed by atoms with Crippen molar-refractivity contribution in [1.82, 2.24) is 18.9 Å². The van der Waals surface area contributed by atoms with Crippen LogP contribution in [-0.4, -0.2) is 40.0 Å². The molecule has 0 spiro atoms. The van der Waals surface area contributed by atoms with E-state index in [1.807, 2.05) is 0 Å². The van der Waals surface area contributed by atoms with Crippen LogP contribution in [0.2, 0.25) is 0 Å². The first-order chi connectivity index (χ1) is 12.6. The Kier molecular flexibility index (Phi) is 4.91. The van der Waals surface area contributed by atoms with Crippen LogP contribution >= 0.6 is 0 Å². The van der Waals surface area contributed by atoms with Crippen LogP contribution in [0.5, 0.6) is 0 Å². The van der Waals surface area contributed by atoms with Crippen molar-refractivity contribution >= 4 is 15.7 Å². The van der Waals surface area contributed by atoms with Gasteiger partial charge in [-0.05, 0) is 29.8 Å². The van der Waals surface area contributed by atoms with Crippen molar-refractivity contribution in [3.8, 4) is 0 Å². The molecule has 0 radical (unpaired) electrons. The SMILES string of the molecule is CCN(C(c1ccc(F)cc1)C(F)(F)F)S(=O)(=O)c1nc2ccccn2n1. The second-order valence-electron chi connectivity index (χ2n) is 5.60. The van der Waals surface area contributed by atoms with Gasteiger partial charge in [0.15, 0.2) is 5.65 Å². The summed E-state index contributed by atoms with van der Waals surface area (Å²) in [7, 11) is -4.68. The molecule has 2 heterocycles. The van der Waals surface area contributed by atoms with E-state index in [4.69, 9.17) is 0 Å². The van der Waals surface area contributed by atoms with Crippen LogP contribution in [0.3, 0.4) is 0 Å². The van der Waals surface area contributed by atoms with Gasteiger partial charge in [0, 0.05) is 12.7 Å². The highest BCUT2D eigenvalue weighted by atomic mass is 32.2. The standard InChI is InChI=1S/C16H14F4N4O2S/c1-2-24(14(16(18,19)20)11-6-8-12(17)9-7-11)27(25,26)15-21-13-5-3-4-10-23(13)22-15/h3-10,14H,2H2,1H3. The molecule has 1 atom stereocenters. The normalized spacial score (nSPS) is 14.0. The monoisotopic (exact) mass is 402 g/mol. The first-order valence-corrected chi connectivity index (χ1v) is 9.24. The van der Waals surface area contributed by atoms with Gasteiger partial charge in [-0.3, -0.25) is 0 Å². The van der Waals surface area contributed by atoms with Crippen LogP contribution in [-0.2, 0) is 10.0 Å². The minimum atomic E-state index is -4.93. The van der Waals surface area contributed by atoms with E-state index in [1.54, 1.807) is 12.1 Å². The Morgan fingerprint density at radius 3 is 2.37 bits per heavy atom. The Morgan fingerprint density at radius 2 is 1.81 bits per heavy atom. The lowest BCUT2D eigenvalue weighted by molar-refractivity contribution is -0.173. The molecule has 0 saturated heterocycles. The third kappa shape index (κ3) is 3.65. The van der Waals surface area contributed by atoms with Crippen LogP contribution in [0, 0.1) is 5.82 Å². The molecule has 0 fully saturated rings. The molecule has 11 heteroatoms. The molecule has 0 saturated carbocycles. The third-order valence-electron chi connectivity index (χ3n) is 3.86. The number of hydrogen-bond acceptors (Lipinski definition) is 4. The number of sulfonamides is 1. The van der Waals surface area contributed by atoms with E-state index in [0.717, 1.165) is 28.8 Å². The number of alkyl halides is 3. The summed E-state index contributed by atoms with van der Waals surface area (Å²) in [5, 5.41) is 3.03. The summed E-state index contributed by atoms with van der Waals surface area (Å²) in [4.78, 5) is 3.82. The average Bonchev–Trinajstić information content (AvgIpc) is 3.04. The summed E-state index contributed by atoms with van der Waals surface area (Å²) in [5.41, 5.74) is -0.226. The summed E-state index contributed by atoms with van der Waals surface area (Å²) in [6, 6.07) is 5.64. The highest BCUT2D eigenvalue weighted by Crippen LogP contribution is 2.40. The molecule has 3 rings (SSSR count). The Balaban J connectivity index is 2.12. The molecule has 144 valence electrons. The minimum absolute atomic E-state index is 0.178. The highest BCUT2D eigenvalue weighted by Gasteiger charge is 2.49. The zero-order chi connectivity index (χ0) is 19.8. The van der Waals surface area contributed by atoms with Crippen molar-refractivity contribution in [3.63, 3.8) is 0 Å². The summed E-state index contributed by atoms with van der Waals surface area (Å²) in [5.74, 6) is -0.729. The van der Waals surface area contributed by atoms with Gasteiger partial charge in [-0.15, -0.1) is 5.10 Å². The number of pyridine rings is 1. The van der Waals surface area contributed by atoms with Crippen LogP contribution in [0.1, 0.15) is 18.5 Å². The van der Waals surface area contributed by atoms with Gasteiger partial charge in [0.05, 0.1) is 0 Å². The number of nitrogens with zero attached hydrogens (tertiary/aromatic N) is 4. The predicted molar refractivity (Wildman–Crippen MR) is 87.7 cm³/mol. The third-order valence-corrected chi connectivity index (χ3v) is 5.58. The summed E-state index contributed by atoms with van der Waals surface area (Å²) >= 11 is 0. The van der Waals surface area contributed by atoms with E-state index in [-0.39, 0.29) is 9.95 Å². The van der Waals surface area contributed by atoms with Crippen molar-refractivity contribution in [1.29, 1.82) is 0 Å². The van der Waals surface area contributed by atoms with E-state index in [9.17, 15) is 26.0 Å². The Hall–Kier alpha value is -2.53. The predicted octanol–water partition coefficient (Wildman–Crippen LogP) is 3.18. The second-order valence-corrected chi connectivity index (χ2v) is 7.39. The topological polar surface area (TPSA) is 67.6 Å². The number of aromatic nitrogens is 3. The maximum absolute atomic E-state index is 13.7. The molecule has 0 bridgehead atoms. The average molecular weight is 402 g/mol. The molecule has 0 aliphatic heterocycles. The summed E-state index contributed by atoms with van der Waals surface area (Å²) in [6.45, 7) is 0.787. The van der Waals surface area contributed by atoms with Crippen LogP contribution in [0.15, 0.2) is 53.8 Å². The Bertz CT molecular complexity index is 1020. The molecule has 2 aromatic heterocycles. The number of fused-ring (bicyclic) bond motifs is 1. The molecule has 0 N–H and O–H groups in total. The first-order valence-electron chi connectivity index (χ1n) is 7.80. The van der Waals surface area contributed by atoms with Gasteiger partial charge in [-0.25, -0.2) is 17.3 Å². The van der Waals surface area contributed by atoms with Gasteiger partial charge >= 0.3 is 6.18 Å². The largest absolute Gasteiger partial charge is 0.409 e. The minimum Gasteiger partial charge on any atom is -0.220 e. The van der Waals surface area contributed by atoms with Crippen LogP contribution in [0.25, 0.3) is 5.65 Å². The fraction of sp³-hybridized carbons (Fsp3) is 0.250. The van der Waals surface area contributed by atoms with Gasteiger partial charge in [0.25, 0.3) is 15.2 Å². The smallest absolute Gasteiger partial charge is 0.220 e. The number of hydrogen-bond donors (Lipinski definition) is 0. The van der Waals surface area contributed by atoms with Crippen molar-refractivity contribution in [2.45, 2.75) is 24.3 Å². The van der Waals surface area contributed by atoms with Gasteiger partial charge in [0.2, 0.25) is 0 Å². The van der Waals surface area contributed by atoms with E-state index >= 15 is 0 Å². The summed E-state index contributed by atoms with van der Waals surface area (Å²) in [6.07, 6.45) is -3.50. The molecule has 6 nitrogen and oxygen atoms in total. The van der Waals surface area contributed by atoms with Crippen molar-refractivity contribution < 1.29 is 26.0 Å². The van der Waals surface area contributed by atoms with Gasteiger partial charge in [-0.1, -0.05) is 25.1 Å². The van der Waals surface area contributed by atoms with Crippen LogP contribution < -0.4 is 0 Å². The molecule has 27 heavy (non-hydrogen) atoms. The van der Waals surface area contributed by atoms with E-state index in [0.29, 0.717) is 0 Å². The Labute approximate surface area is 152 Å². The first kappa shape index (κ1) is 19.2. The summed E-state index contributed by atoms with van der Waals surface area (Å²) < 4.78 is 81.5. The number of rotatable bonds is 5. The highest BCUT2D eigenvalue weighted by molar-refractivity contribution is 7.89. The Morgan fingerprint density at radius 1 is 1.15 bits per heavy atom. The number of halogens is 4. The quantitative estimate of drug-likeness (QED) is 0.615. The molecule has 1 aromatic carbocycles. The second kappa shape index (κ2) is 6.89. The van der Waals surface area contributed by atoms with Crippen LogP contribution in [0.4, 0.5) is 17.6 Å². The molecular weight excluding hydrogens is 388 g/mol. The lowest BCUT2D eigenvalue weighted by atomic mass is 10.1. The molecule has 0 aliphatic rings.